The number of fused-ring (bicyclic) bond motifs is 1. The monoisotopic (exact) mass is 277 g/mol. The van der Waals surface area contributed by atoms with Crippen LogP contribution in [0.25, 0.3) is 4.96 Å². The normalized spacial score (nSPS) is 21.3. The summed E-state index contributed by atoms with van der Waals surface area (Å²) in [6.45, 7) is 2.36. The fourth-order valence-electron chi connectivity index (χ4n) is 2.87. The van der Waals surface area contributed by atoms with Crippen LogP contribution in [-0.4, -0.2) is 32.9 Å². The van der Waals surface area contributed by atoms with Crippen molar-refractivity contribution in [2.24, 2.45) is 5.92 Å². The molecule has 6 heteroatoms. The van der Waals surface area contributed by atoms with Crippen molar-refractivity contribution in [1.29, 1.82) is 0 Å². The molecule has 1 saturated carbocycles. The number of nitrogens with one attached hydrogen (secondary N) is 1. The summed E-state index contributed by atoms with van der Waals surface area (Å²) in [7, 11) is 0. The fraction of sp³-hybridized carbons (Fsp3) is 0.769. The molecule has 0 atom stereocenters. The van der Waals surface area contributed by atoms with E-state index in [1.807, 2.05) is 4.52 Å². The standard InChI is InChI=1S/C13H19N5S/c1(9-5-7-14-8-6-9)4-11-17-18-12(10-2-3-10)15-16-13(18)19-11/h9-10,14H,1-8H2. The Balaban J connectivity index is 1.45. The summed E-state index contributed by atoms with van der Waals surface area (Å²) < 4.78 is 1.99. The van der Waals surface area contributed by atoms with Gasteiger partial charge in [0.05, 0.1) is 0 Å². The van der Waals surface area contributed by atoms with Crippen LogP contribution in [0.1, 0.15) is 48.9 Å². The third kappa shape index (κ3) is 2.39. The molecule has 3 heterocycles. The van der Waals surface area contributed by atoms with Crippen molar-refractivity contribution in [2.75, 3.05) is 13.1 Å². The second-order valence-electron chi connectivity index (χ2n) is 5.75. The van der Waals surface area contributed by atoms with E-state index in [1.165, 1.54) is 50.2 Å². The summed E-state index contributed by atoms with van der Waals surface area (Å²) in [6.07, 6.45) is 7.51. The molecule has 2 aliphatic rings. The maximum Gasteiger partial charge on any atom is 0.234 e. The molecule has 2 aromatic rings. The Bertz CT molecular complexity index is 565. The Labute approximate surface area is 116 Å². The summed E-state index contributed by atoms with van der Waals surface area (Å²) in [4.78, 5) is 0.974. The average molecular weight is 277 g/mol. The van der Waals surface area contributed by atoms with E-state index in [1.54, 1.807) is 11.3 Å². The van der Waals surface area contributed by atoms with Gasteiger partial charge >= 0.3 is 0 Å². The quantitative estimate of drug-likeness (QED) is 0.928. The molecule has 0 spiro atoms. The van der Waals surface area contributed by atoms with Gasteiger partial charge in [-0.25, -0.2) is 0 Å². The second kappa shape index (κ2) is 4.83. The fourth-order valence-corrected chi connectivity index (χ4v) is 3.72. The maximum atomic E-state index is 4.71. The molecular formula is C13H19N5S. The number of aromatic nitrogens is 4. The third-order valence-electron chi connectivity index (χ3n) is 4.22. The Morgan fingerprint density at radius 2 is 2.00 bits per heavy atom. The summed E-state index contributed by atoms with van der Waals surface area (Å²) in [6, 6.07) is 0. The summed E-state index contributed by atoms with van der Waals surface area (Å²) in [5.41, 5.74) is 0. The van der Waals surface area contributed by atoms with Gasteiger partial charge in [0, 0.05) is 12.3 Å². The number of hydrogen-bond donors (Lipinski definition) is 1. The van der Waals surface area contributed by atoms with Gasteiger partial charge in [0.1, 0.15) is 5.01 Å². The highest BCUT2D eigenvalue weighted by atomic mass is 32.1. The highest BCUT2D eigenvalue weighted by Gasteiger charge is 2.30. The predicted octanol–water partition coefficient (Wildman–Crippen LogP) is 2.00. The lowest BCUT2D eigenvalue weighted by Gasteiger charge is -2.21. The lowest BCUT2D eigenvalue weighted by Crippen LogP contribution is -2.27. The van der Waals surface area contributed by atoms with E-state index >= 15 is 0 Å². The highest BCUT2D eigenvalue weighted by Crippen LogP contribution is 2.39. The van der Waals surface area contributed by atoms with Crippen LogP contribution in [0, 0.1) is 5.92 Å². The SMILES string of the molecule is C1CC(CCc2nn3c(C4CC4)nnc3s2)CCN1. The molecule has 2 fully saturated rings. The molecule has 1 aliphatic carbocycles. The van der Waals surface area contributed by atoms with Gasteiger partial charge < -0.3 is 5.32 Å². The smallest absolute Gasteiger partial charge is 0.234 e. The first-order valence-corrected chi connectivity index (χ1v) is 8.13. The van der Waals surface area contributed by atoms with Gasteiger partial charge in [-0.2, -0.15) is 9.61 Å². The summed E-state index contributed by atoms with van der Waals surface area (Å²) in [5.74, 6) is 2.58. The first kappa shape index (κ1) is 11.8. The first-order chi connectivity index (χ1) is 9.40. The summed E-state index contributed by atoms with van der Waals surface area (Å²) >= 11 is 1.71. The van der Waals surface area contributed by atoms with Crippen molar-refractivity contribution in [2.45, 2.75) is 44.4 Å². The number of hydrogen-bond acceptors (Lipinski definition) is 5. The molecule has 0 amide bonds. The van der Waals surface area contributed by atoms with Gasteiger partial charge in [-0.05, 0) is 51.1 Å². The molecule has 19 heavy (non-hydrogen) atoms. The molecule has 4 rings (SSSR count). The molecule has 1 N–H and O–H groups in total. The molecule has 0 bridgehead atoms. The predicted molar refractivity (Wildman–Crippen MR) is 74.5 cm³/mol. The minimum atomic E-state index is 0.620. The molecule has 0 radical (unpaired) electrons. The molecule has 102 valence electrons. The van der Waals surface area contributed by atoms with Crippen molar-refractivity contribution in [3.05, 3.63) is 10.8 Å². The van der Waals surface area contributed by atoms with Crippen LogP contribution in [0.2, 0.25) is 0 Å². The molecule has 0 unspecified atom stereocenters. The number of rotatable bonds is 4. The Morgan fingerprint density at radius 1 is 1.16 bits per heavy atom. The molecule has 2 aromatic heterocycles. The topological polar surface area (TPSA) is 55.1 Å². The molecule has 5 nitrogen and oxygen atoms in total. The zero-order chi connectivity index (χ0) is 12.7. The Morgan fingerprint density at radius 3 is 2.79 bits per heavy atom. The number of piperidine rings is 1. The van der Waals surface area contributed by atoms with Crippen molar-refractivity contribution < 1.29 is 0 Å². The number of aryl methyl sites for hydroxylation is 1. The van der Waals surface area contributed by atoms with E-state index in [9.17, 15) is 0 Å². The van der Waals surface area contributed by atoms with Gasteiger partial charge in [0.15, 0.2) is 5.82 Å². The minimum Gasteiger partial charge on any atom is -0.317 e. The van der Waals surface area contributed by atoms with Gasteiger partial charge in [-0.3, -0.25) is 0 Å². The highest BCUT2D eigenvalue weighted by molar-refractivity contribution is 7.16. The van der Waals surface area contributed by atoms with Crippen LogP contribution in [0.3, 0.4) is 0 Å². The van der Waals surface area contributed by atoms with Crippen LogP contribution < -0.4 is 5.32 Å². The lowest BCUT2D eigenvalue weighted by atomic mass is 9.93. The van der Waals surface area contributed by atoms with Crippen LogP contribution in [-0.2, 0) is 6.42 Å². The van der Waals surface area contributed by atoms with Gasteiger partial charge in [-0.15, -0.1) is 10.2 Å². The van der Waals surface area contributed by atoms with E-state index in [2.05, 4.69) is 15.5 Å². The average Bonchev–Trinajstić information content (AvgIpc) is 3.08. The molecular weight excluding hydrogens is 258 g/mol. The maximum absolute atomic E-state index is 4.71. The van der Waals surface area contributed by atoms with Gasteiger partial charge in [0.2, 0.25) is 4.96 Å². The Hall–Kier alpha value is -1.01. The minimum absolute atomic E-state index is 0.620. The van der Waals surface area contributed by atoms with Gasteiger partial charge in [0.25, 0.3) is 0 Å². The van der Waals surface area contributed by atoms with Crippen molar-refractivity contribution in [3.63, 3.8) is 0 Å². The van der Waals surface area contributed by atoms with E-state index < -0.39 is 0 Å². The molecule has 1 saturated heterocycles. The first-order valence-electron chi connectivity index (χ1n) is 7.32. The van der Waals surface area contributed by atoms with E-state index in [0.717, 1.165) is 23.1 Å². The van der Waals surface area contributed by atoms with Crippen LogP contribution in [0.5, 0.6) is 0 Å². The largest absolute Gasteiger partial charge is 0.317 e. The zero-order valence-corrected chi connectivity index (χ0v) is 11.8. The van der Waals surface area contributed by atoms with Crippen LogP contribution in [0.4, 0.5) is 0 Å². The van der Waals surface area contributed by atoms with Crippen molar-refractivity contribution >= 4 is 16.3 Å². The second-order valence-corrected chi connectivity index (χ2v) is 6.80. The van der Waals surface area contributed by atoms with Crippen molar-refractivity contribution in [3.8, 4) is 0 Å². The van der Waals surface area contributed by atoms with Gasteiger partial charge in [-0.1, -0.05) is 11.3 Å². The zero-order valence-electron chi connectivity index (χ0n) is 11.0. The van der Waals surface area contributed by atoms with Crippen LogP contribution in [0.15, 0.2) is 0 Å². The molecule has 0 aromatic carbocycles. The Kier molecular flexibility index (Phi) is 3.00. The van der Waals surface area contributed by atoms with Crippen LogP contribution >= 0.6 is 11.3 Å². The molecule has 1 aliphatic heterocycles. The third-order valence-corrected chi connectivity index (χ3v) is 5.18. The summed E-state index contributed by atoms with van der Waals surface area (Å²) in [5, 5.41) is 17.9. The van der Waals surface area contributed by atoms with E-state index in [4.69, 9.17) is 5.10 Å². The van der Waals surface area contributed by atoms with Crippen molar-refractivity contribution in [1.82, 2.24) is 25.1 Å². The number of nitrogens with zero attached hydrogens (tertiary/aromatic N) is 4. The lowest BCUT2D eigenvalue weighted by molar-refractivity contribution is 0.354. The van der Waals surface area contributed by atoms with E-state index in [-0.39, 0.29) is 0 Å². The van der Waals surface area contributed by atoms with E-state index in [0.29, 0.717) is 5.92 Å².